The van der Waals surface area contributed by atoms with Crippen LogP contribution in [0.4, 0.5) is 9.59 Å². The van der Waals surface area contributed by atoms with E-state index in [-0.39, 0.29) is 19.8 Å². The third kappa shape index (κ3) is 23.6. The highest BCUT2D eigenvalue weighted by atomic mass is 16.6. The molecule has 2 aromatic carbocycles. The first-order valence-electron chi connectivity index (χ1n) is 16.2. The average molecular weight is 674 g/mol. The lowest BCUT2D eigenvalue weighted by Gasteiger charge is -2.22. The highest BCUT2D eigenvalue weighted by Gasteiger charge is 2.07. The van der Waals surface area contributed by atoms with Crippen molar-refractivity contribution in [2.45, 2.75) is 13.2 Å². The van der Waals surface area contributed by atoms with E-state index in [1.165, 1.54) is 0 Å². The van der Waals surface area contributed by atoms with Gasteiger partial charge in [0.05, 0.1) is 72.7 Å². The summed E-state index contributed by atoms with van der Waals surface area (Å²) in [6, 6.07) is 19.0. The molecule has 0 unspecified atom stereocenters. The maximum absolute atomic E-state index is 11.9. The molecule has 0 aliphatic rings. The van der Waals surface area contributed by atoms with E-state index in [0.29, 0.717) is 105 Å². The van der Waals surface area contributed by atoms with Crippen LogP contribution in [0.3, 0.4) is 0 Å². The monoisotopic (exact) mass is 673 g/mol. The predicted molar refractivity (Wildman–Crippen MR) is 179 cm³/mol. The fourth-order valence-electron chi connectivity index (χ4n) is 3.91. The van der Waals surface area contributed by atoms with E-state index in [1.54, 1.807) is 0 Å². The Bertz CT molecular complexity index is 1040. The standard InChI is InChI=1S/C35H51N3O10/c1-2-18-41-24-26-45-28-29-46-27-25-44-23-17-38(15-21-42-19-13-36-34(39)47-30-32-9-5-3-6-10-32)16-22-43-20-14-37-35(40)48-31-33-11-7-4-8-12-33/h1,3-12H,13-31H2,(H,36,39)(H,37,40). The zero-order valence-corrected chi connectivity index (χ0v) is 27.8. The van der Waals surface area contributed by atoms with Gasteiger partial charge in [0.2, 0.25) is 0 Å². The number of carbonyl (C=O) groups excluding carboxylic acids is 2. The van der Waals surface area contributed by atoms with E-state index in [1.807, 2.05) is 60.7 Å². The van der Waals surface area contributed by atoms with Gasteiger partial charge in [0.25, 0.3) is 0 Å². The minimum atomic E-state index is -0.487. The molecule has 0 radical (unpaired) electrons. The van der Waals surface area contributed by atoms with Crippen molar-refractivity contribution < 1.29 is 47.5 Å². The zero-order chi connectivity index (χ0) is 34.2. The summed E-state index contributed by atoms with van der Waals surface area (Å²) in [5, 5.41) is 5.38. The predicted octanol–water partition coefficient (Wildman–Crippen LogP) is 2.87. The molecule has 0 bridgehead atoms. The minimum absolute atomic E-state index is 0.214. The van der Waals surface area contributed by atoms with Crippen LogP contribution in [0.25, 0.3) is 0 Å². The number of benzene rings is 2. The molecule has 2 amide bonds. The Morgan fingerprint density at radius 2 is 0.917 bits per heavy atom. The van der Waals surface area contributed by atoms with Crippen LogP contribution in [0.15, 0.2) is 60.7 Å². The summed E-state index contributed by atoms with van der Waals surface area (Å²) < 4.78 is 43.6. The Hall–Kier alpha value is -3.74. The first-order valence-corrected chi connectivity index (χ1v) is 16.2. The lowest BCUT2D eigenvalue weighted by Crippen LogP contribution is -2.35. The van der Waals surface area contributed by atoms with Crippen LogP contribution >= 0.6 is 0 Å². The Balaban J connectivity index is 1.55. The van der Waals surface area contributed by atoms with Gasteiger partial charge in [0, 0.05) is 32.7 Å². The van der Waals surface area contributed by atoms with Crippen molar-refractivity contribution >= 4 is 12.2 Å². The SMILES string of the molecule is C#CCOCCOCCOCCOCCN(CCOCCNC(=O)OCc1ccccc1)CCOCCNC(=O)OCc1ccccc1. The number of hydrogen-bond donors (Lipinski definition) is 2. The zero-order valence-electron chi connectivity index (χ0n) is 27.8. The van der Waals surface area contributed by atoms with Crippen molar-refractivity contribution in [1.82, 2.24) is 15.5 Å². The van der Waals surface area contributed by atoms with Gasteiger partial charge in [-0.15, -0.1) is 6.42 Å². The highest BCUT2D eigenvalue weighted by Crippen LogP contribution is 2.01. The van der Waals surface area contributed by atoms with Gasteiger partial charge in [-0.1, -0.05) is 66.6 Å². The molecular weight excluding hydrogens is 622 g/mol. The first-order chi connectivity index (χ1) is 23.7. The summed E-state index contributed by atoms with van der Waals surface area (Å²) in [4.78, 5) is 26.0. The second-order valence-corrected chi connectivity index (χ2v) is 10.1. The summed E-state index contributed by atoms with van der Waals surface area (Å²) in [6.07, 6.45) is 4.14. The number of amides is 2. The van der Waals surface area contributed by atoms with Crippen molar-refractivity contribution in [2.24, 2.45) is 0 Å². The maximum Gasteiger partial charge on any atom is 0.407 e. The Labute approximate surface area is 284 Å². The maximum atomic E-state index is 11.9. The van der Waals surface area contributed by atoms with Gasteiger partial charge in [0.15, 0.2) is 0 Å². The van der Waals surface area contributed by atoms with Gasteiger partial charge in [0.1, 0.15) is 19.8 Å². The number of alkyl carbamates (subject to hydrolysis) is 2. The van der Waals surface area contributed by atoms with Crippen LogP contribution < -0.4 is 10.6 Å². The lowest BCUT2D eigenvalue weighted by molar-refractivity contribution is -0.00316. The van der Waals surface area contributed by atoms with E-state index < -0.39 is 12.2 Å². The van der Waals surface area contributed by atoms with Crippen LogP contribution in [-0.4, -0.2) is 129 Å². The summed E-state index contributed by atoms with van der Waals surface area (Å²) in [5.41, 5.74) is 1.84. The fraction of sp³-hybridized carbons (Fsp3) is 0.543. The molecule has 2 aromatic rings. The van der Waals surface area contributed by atoms with Crippen molar-refractivity contribution in [3.8, 4) is 12.3 Å². The second-order valence-electron chi connectivity index (χ2n) is 10.1. The summed E-state index contributed by atoms with van der Waals surface area (Å²) in [5.74, 6) is 2.40. The summed E-state index contributed by atoms with van der Waals surface area (Å²) in [7, 11) is 0. The Morgan fingerprint density at radius 3 is 1.33 bits per heavy atom. The number of ether oxygens (including phenoxy) is 8. The molecule has 266 valence electrons. The lowest BCUT2D eigenvalue weighted by atomic mass is 10.2. The normalized spacial score (nSPS) is 10.8. The topological polar surface area (TPSA) is 135 Å². The number of terminal acetylenes is 1. The van der Waals surface area contributed by atoms with E-state index in [2.05, 4.69) is 21.5 Å². The van der Waals surface area contributed by atoms with E-state index in [0.717, 1.165) is 11.1 Å². The number of hydrogen-bond acceptors (Lipinski definition) is 11. The molecule has 0 fully saturated rings. The molecule has 48 heavy (non-hydrogen) atoms. The first kappa shape index (κ1) is 40.4. The third-order valence-electron chi connectivity index (χ3n) is 6.41. The molecule has 0 atom stereocenters. The van der Waals surface area contributed by atoms with Gasteiger partial charge in [-0.25, -0.2) is 9.59 Å². The Kier molecular flexibility index (Phi) is 24.8. The van der Waals surface area contributed by atoms with E-state index in [4.69, 9.17) is 44.3 Å². The summed E-state index contributed by atoms with van der Waals surface area (Å²) >= 11 is 0. The number of carbonyl (C=O) groups is 2. The number of nitrogens with one attached hydrogen (secondary N) is 2. The van der Waals surface area contributed by atoms with Crippen molar-refractivity contribution in [3.63, 3.8) is 0 Å². The molecule has 0 heterocycles. The molecule has 13 nitrogen and oxygen atoms in total. The van der Waals surface area contributed by atoms with Gasteiger partial charge in [-0.05, 0) is 11.1 Å². The van der Waals surface area contributed by atoms with E-state index >= 15 is 0 Å². The van der Waals surface area contributed by atoms with Gasteiger partial charge < -0.3 is 48.5 Å². The van der Waals surface area contributed by atoms with Crippen LogP contribution in [-0.2, 0) is 51.1 Å². The smallest absolute Gasteiger partial charge is 0.407 e. The van der Waals surface area contributed by atoms with Crippen molar-refractivity contribution in [1.29, 1.82) is 0 Å². The molecule has 0 spiro atoms. The van der Waals surface area contributed by atoms with Gasteiger partial charge >= 0.3 is 12.2 Å². The van der Waals surface area contributed by atoms with Crippen molar-refractivity contribution in [2.75, 3.05) is 112 Å². The molecular formula is C35H51N3O10. The number of rotatable bonds is 29. The van der Waals surface area contributed by atoms with Gasteiger partial charge in [-0.3, -0.25) is 4.90 Å². The molecule has 0 saturated carbocycles. The van der Waals surface area contributed by atoms with Gasteiger partial charge in [-0.2, -0.15) is 0 Å². The molecule has 0 saturated heterocycles. The fourth-order valence-corrected chi connectivity index (χ4v) is 3.91. The Morgan fingerprint density at radius 1 is 0.542 bits per heavy atom. The van der Waals surface area contributed by atoms with Crippen LogP contribution in [0.2, 0.25) is 0 Å². The number of nitrogens with zero attached hydrogens (tertiary/aromatic N) is 1. The molecule has 0 aromatic heterocycles. The second kappa shape index (κ2) is 29.4. The largest absolute Gasteiger partial charge is 0.445 e. The molecule has 2 N–H and O–H groups in total. The molecule has 0 aliphatic carbocycles. The van der Waals surface area contributed by atoms with E-state index in [9.17, 15) is 9.59 Å². The highest BCUT2D eigenvalue weighted by molar-refractivity contribution is 5.67. The summed E-state index contributed by atoms with van der Waals surface area (Å²) in [6.45, 7) is 8.30. The quantitative estimate of drug-likeness (QED) is 0.0975. The van der Waals surface area contributed by atoms with Crippen molar-refractivity contribution in [3.05, 3.63) is 71.8 Å². The minimum Gasteiger partial charge on any atom is -0.445 e. The molecule has 0 aliphatic heterocycles. The third-order valence-corrected chi connectivity index (χ3v) is 6.41. The molecule has 13 heteroatoms. The average Bonchev–Trinajstić information content (AvgIpc) is 3.11. The van der Waals surface area contributed by atoms with Crippen LogP contribution in [0, 0.1) is 12.3 Å². The molecule has 2 rings (SSSR count). The van der Waals surface area contributed by atoms with Crippen LogP contribution in [0.1, 0.15) is 11.1 Å². The van der Waals surface area contributed by atoms with Crippen LogP contribution in [0.5, 0.6) is 0 Å².